The largest absolute Gasteiger partial charge is 0.345 e. The average molecular weight is 439 g/mol. The first kappa shape index (κ1) is 21.9. The highest BCUT2D eigenvalue weighted by Gasteiger charge is 2.19. The normalized spacial score (nSPS) is 12.6. The van der Waals surface area contributed by atoms with Gasteiger partial charge in [-0.3, -0.25) is 9.59 Å². The molecule has 3 rings (SSSR count). The molecule has 0 unspecified atom stereocenters. The Balaban J connectivity index is 1.67. The zero-order valence-electron chi connectivity index (χ0n) is 16.8. The summed E-state index contributed by atoms with van der Waals surface area (Å²) in [6, 6.07) is 24.0. The van der Waals surface area contributed by atoms with Crippen molar-refractivity contribution in [1.82, 2.24) is 5.32 Å². The van der Waals surface area contributed by atoms with Crippen molar-refractivity contribution in [1.29, 1.82) is 0 Å². The van der Waals surface area contributed by atoms with Gasteiger partial charge in [-0.15, -0.1) is 11.8 Å². The van der Waals surface area contributed by atoms with Gasteiger partial charge in [0.1, 0.15) is 0 Å². The summed E-state index contributed by atoms with van der Waals surface area (Å²) in [7, 11) is 0. The Bertz CT molecular complexity index is 1010. The number of para-hydroxylation sites is 1. The number of amides is 2. The van der Waals surface area contributed by atoms with Crippen LogP contribution in [0, 0.1) is 0 Å². The molecular weight excluding hydrogens is 416 g/mol. The molecule has 0 aromatic heterocycles. The highest BCUT2D eigenvalue weighted by Crippen LogP contribution is 2.26. The molecule has 0 bridgehead atoms. The van der Waals surface area contributed by atoms with Gasteiger partial charge in [0.2, 0.25) is 5.91 Å². The third-order valence-electron chi connectivity index (χ3n) is 4.57. The number of benzene rings is 3. The predicted octanol–water partition coefficient (Wildman–Crippen LogP) is 5.95. The van der Waals surface area contributed by atoms with Gasteiger partial charge in [-0.1, -0.05) is 54.1 Å². The molecule has 6 heteroatoms. The zero-order valence-corrected chi connectivity index (χ0v) is 18.3. The van der Waals surface area contributed by atoms with Crippen molar-refractivity contribution in [2.75, 3.05) is 5.32 Å². The van der Waals surface area contributed by atoms with E-state index in [1.54, 1.807) is 36.4 Å². The minimum absolute atomic E-state index is 0.151. The fraction of sp³-hybridized carbons (Fsp3) is 0.167. The summed E-state index contributed by atoms with van der Waals surface area (Å²) in [5.74, 6) is -0.411. The van der Waals surface area contributed by atoms with Crippen molar-refractivity contribution in [3.63, 3.8) is 0 Å². The average Bonchev–Trinajstić information content (AvgIpc) is 2.76. The third kappa shape index (κ3) is 5.88. The quantitative estimate of drug-likeness (QED) is 0.448. The maximum absolute atomic E-state index is 12.8. The van der Waals surface area contributed by atoms with E-state index in [4.69, 9.17) is 11.6 Å². The van der Waals surface area contributed by atoms with Crippen LogP contribution in [-0.2, 0) is 4.79 Å². The number of carbonyl (C=O) groups is 2. The number of rotatable bonds is 7. The van der Waals surface area contributed by atoms with Crippen LogP contribution in [0.1, 0.15) is 35.8 Å². The molecule has 4 nitrogen and oxygen atoms in total. The first-order valence-corrected chi connectivity index (χ1v) is 10.9. The molecule has 30 heavy (non-hydrogen) atoms. The Morgan fingerprint density at radius 2 is 1.50 bits per heavy atom. The lowest BCUT2D eigenvalue weighted by Crippen LogP contribution is -2.29. The molecule has 0 heterocycles. The maximum atomic E-state index is 12.8. The second-order valence-corrected chi connectivity index (χ2v) is 8.71. The molecule has 3 aromatic rings. The molecule has 0 aliphatic rings. The Labute approximate surface area is 186 Å². The lowest BCUT2D eigenvalue weighted by Gasteiger charge is -2.17. The van der Waals surface area contributed by atoms with E-state index >= 15 is 0 Å². The van der Waals surface area contributed by atoms with E-state index in [0.29, 0.717) is 16.3 Å². The number of hydrogen-bond acceptors (Lipinski definition) is 3. The third-order valence-corrected chi connectivity index (χ3v) is 5.94. The second kappa shape index (κ2) is 10.3. The molecule has 2 amide bonds. The molecule has 0 fully saturated rings. The van der Waals surface area contributed by atoms with E-state index < -0.39 is 0 Å². The number of anilines is 1. The molecule has 2 N–H and O–H groups in total. The van der Waals surface area contributed by atoms with Gasteiger partial charge in [0.15, 0.2) is 0 Å². The molecule has 3 aromatic carbocycles. The Hall–Kier alpha value is -2.76. The Morgan fingerprint density at radius 3 is 2.20 bits per heavy atom. The molecule has 0 aliphatic carbocycles. The molecule has 0 saturated carbocycles. The molecule has 2 atom stereocenters. The molecule has 0 saturated heterocycles. The van der Waals surface area contributed by atoms with Gasteiger partial charge in [-0.05, 0) is 55.8 Å². The first-order chi connectivity index (χ1) is 14.4. The summed E-state index contributed by atoms with van der Waals surface area (Å²) in [4.78, 5) is 26.5. The highest BCUT2D eigenvalue weighted by molar-refractivity contribution is 8.00. The zero-order chi connectivity index (χ0) is 21.5. The standard InChI is InChI=1S/C24H23ClN2O2S/c1-16(18-8-4-3-5-9-18)26-24(29)21-10-6-7-11-22(21)27-23(28)17(2)30-20-14-12-19(25)13-15-20/h3-17H,1-2H3,(H,26,29)(H,27,28)/t16-,17-/m0/s1. The van der Waals surface area contributed by atoms with E-state index in [0.717, 1.165) is 10.5 Å². The van der Waals surface area contributed by atoms with E-state index in [-0.39, 0.29) is 23.1 Å². The smallest absolute Gasteiger partial charge is 0.253 e. The minimum Gasteiger partial charge on any atom is -0.345 e. The van der Waals surface area contributed by atoms with Crippen LogP contribution in [0.5, 0.6) is 0 Å². The molecule has 0 radical (unpaired) electrons. The van der Waals surface area contributed by atoms with Gasteiger partial charge in [0.25, 0.3) is 5.91 Å². The van der Waals surface area contributed by atoms with E-state index in [2.05, 4.69) is 10.6 Å². The van der Waals surface area contributed by atoms with E-state index in [1.165, 1.54) is 11.8 Å². The van der Waals surface area contributed by atoms with E-state index in [1.807, 2.05) is 56.3 Å². The number of halogens is 1. The van der Waals surface area contributed by atoms with Gasteiger partial charge < -0.3 is 10.6 Å². The van der Waals surface area contributed by atoms with Crippen LogP contribution in [0.25, 0.3) is 0 Å². The summed E-state index contributed by atoms with van der Waals surface area (Å²) in [6.45, 7) is 3.76. The van der Waals surface area contributed by atoms with Crippen LogP contribution >= 0.6 is 23.4 Å². The number of thioether (sulfide) groups is 1. The van der Waals surface area contributed by atoms with Crippen molar-refractivity contribution in [3.8, 4) is 0 Å². The number of hydrogen-bond donors (Lipinski definition) is 2. The van der Waals surface area contributed by atoms with Gasteiger partial charge >= 0.3 is 0 Å². The lowest BCUT2D eigenvalue weighted by molar-refractivity contribution is -0.115. The first-order valence-electron chi connectivity index (χ1n) is 9.62. The fourth-order valence-corrected chi connectivity index (χ4v) is 3.89. The predicted molar refractivity (Wildman–Crippen MR) is 124 cm³/mol. The van der Waals surface area contributed by atoms with Crippen molar-refractivity contribution in [2.45, 2.75) is 30.0 Å². The summed E-state index contributed by atoms with van der Waals surface area (Å²) in [6.07, 6.45) is 0. The van der Waals surface area contributed by atoms with Crippen LogP contribution in [0.3, 0.4) is 0 Å². The Kier molecular flexibility index (Phi) is 7.55. The summed E-state index contributed by atoms with van der Waals surface area (Å²) in [5.41, 5.74) is 1.93. The van der Waals surface area contributed by atoms with Gasteiger partial charge in [0, 0.05) is 9.92 Å². The topological polar surface area (TPSA) is 58.2 Å². The van der Waals surface area contributed by atoms with Crippen LogP contribution < -0.4 is 10.6 Å². The molecule has 0 spiro atoms. The van der Waals surface area contributed by atoms with E-state index in [9.17, 15) is 9.59 Å². The fourth-order valence-electron chi connectivity index (χ4n) is 2.89. The SMILES string of the molecule is C[C@H](Sc1ccc(Cl)cc1)C(=O)Nc1ccccc1C(=O)N[C@@H](C)c1ccccc1. The van der Waals surface area contributed by atoms with Crippen molar-refractivity contribution in [3.05, 3.63) is 95.0 Å². The summed E-state index contributed by atoms with van der Waals surface area (Å²) in [5, 5.41) is 6.19. The van der Waals surface area contributed by atoms with Crippen LogP contribution in [0.15, 0.2) is 83.8 Å². The van der Waals surface area contributed by atoms with Crippen molar-refractivity contribution < 1.29 is 9.59 Å². The van der Waals surface area contributed by atoms with Crippen LogP contribution in [0.4, 0.5) is 5.69 Å². The number of nitrogens with one attached hydrogen (secondary N) is 2. The second-order valence-electron chi connectivity index (χ2n) is 6.85. The molecule has 0 aliphatic heterocycles. The van der Waals surface area contributed by atoms with Gasteiger partial charge in [0.05, 0.1) is 22.5 Å². The monoisotopic (exact) mass is 438 g/mol. The molecule has 154 valence electrons. The lowest BCUT2D eigenvalue weighted by atomic mass is 10.1. The van der Waals surface area contributed by atoms with Crippen molar-refractivity contribution >= 4 is 40.9 Å². The number of carbonyl (C=O) groups excluding carboxylic acids is 2. The van der Waals surface area contributed by atoms with Crippen LogP contribution in [-0.4, -0.2) is 17.1 Å². The minimum atomic E-state index is -0.342. The van der Waals surface area contributed by atoms with Gasteiger partial charge in [-0.25, -0.2) is 0 Å². The van der Waals surface area contributed by atoms with Crippen LogP contribution in [0.2, 0.25) is 5.02 Å². The Morgan fingerprint density at radius 1 is 0.867 bits per heavy atom. The van der Waals surface area contributed by atoms with Crippen molar-refractivity contribution in [2.24, 2.45) is 0 Å². The summed E-state index contributed by atoms with van der Waals surface area (Å²) >= 11 is 7.34. The molecular formula is C24H23ClN2O2S. The highest BCUT2D eigenvalue weighted by atomic mass is 35.5. The maximum Gasteiger partial charge on any atom is 0.253 e. The van der Waals surface area contributed by atoms with Gasteiger partial charge in [-0.2, -0.15) is 0 Å². The summed E-state index contributed by atoms with van der Waals surface area (Å²) < 4.78 is 0.